The molecule has 2 aliphatic carbocycles. The van der Waals surface area contributed by atoms with Gasteiger partial charge >= 0.3 is 0 Å². The lowest BCUT2D eigenvalue weighted by Crippen LogP contribution is -2.32. The molecule has 0 aliphatic heterocycles. The summed E-state index contributed by atoms with van der Waals surface area (Å²) in [5, 5.41) is 3.16. The molecule has 1 amide bonds. The molecule has 3 nitrogen and oxygen atoms in total. The van der Waals surface area contributed by atoms with Crippen molar-refractivity contribution in [2.24, 2.45) is 17.8 Å². The first kappa shape index (κ1) is 14.4. The Morgan fingerprint density at radius 2 is 2.05 bits per heavy atom. The van der Waals surface area contributed by atoms with E-state index in [4.69, 9.17) is 5.73 Å². The Morgan fingerprint density at radius 3 is 2.67 bits per heavy atom. The van der Waals surface area contributed by atoms with E-state index < -0.39 is 0 Å². The molecule has 1 aromatic carbocycles. The second-order valence-corrected chi connectivity index (χ2v) is 7.01. The number of carbonyl (C=O) groups excluding carboxylic acids is 1. The summed E-state index contributed by atoms with van der Waals surface area (Å²) < 4.78 is 0. The Balaban J connectivity index is 1.44. The van der Waals surface area contributed by atoms with Gasteiger partial charge in [-0.05, 0) is 60.6 Å². The average molecular weight is 286 g/mol. The fourth-order valence-corrected chi connectivity index (χ4v) is 4.16. The van der Waals surface area contributed by atoms with E-state index in [9.17, 15) is 4.79 Å². The summed E-state index contributed by atoms with van der Waals surface area (Å²) in [6.07, 6.45) is 6.10. The van der Waals surface area contributed by atoms with Crippen molar-refractivity contribution in [2.45, 2.75) is 44.9 Å². The molecule has 3 heteroatoms. The number of carbonyl (C=O) groups is 1. The van der Waals surface area contributed by atoms with Gasteiger partial charge in [0.25, 0.3) is 0 Å². The SMILES string of the molecule is CC(CC(=O)NCC1CC2CCC1C2)c1ccc(N)cc1. The number of nitrogens with two attached hydrogens (primary N) is 1. The van der Waals surface area contributed by atoms with E-state index in [1.54, 1.807) is 0 Å². The van der Waals surface area contributed by atoms with Gasteiger partial charge in [-0.2, -0.15) is 0 Å². The number of benzene rings is 1. The molecule has 3 N–H and O–H groups in total. The monoisotopic (exact) mass is 286 g/mol. The molecule has 0 spiro atoms. The number of rotatable bonds is 5. The van der Waals surface area contributed by atoms with Crippen LogP contribution in [-0.2, 0) is 4.79 Å². The molecule has 0 heterocycles. The molecule has 3 rings (SSSR count). The maximum Gasteiger partial charge on any atom is 0.220 e. The number of nitrogens with one attached hydrogen (secondary N) is 1. The highest BCUT2D eigenvalue weighted by Gasteiger charge is 2.39. The van der Waals surface area contributed by atoms with E-state index in [1.807, 2.05) is 24.3 Å². The first-order chi connectivity index (χ1) is 10.1. The molecule has 2 saturated carbocycles. The molecular formula is C18H26N2O. The van der Waals surface area contributed by atoms with Crippen LogP contribution in [0.1, 0.15) is 50.5 Å². The van der Waals surface area contributed by atoms with Crippen LogP contribution in [0.4, 0.5) is 5.69 Å². The van der Waals surface area contributed by atoms with E-state index in [1.165, 1.54) is 31.2 Å². The fraction of sp³-hybridized carbons (Fsp3) is 0.611. The Hall–Kier alpha value is -1.51. The summed E-state index contributed by atoms with van der Waals surface area (Å²) in [5.74, 6) is 2.99. The molecule has 2 aliphatic rings. The summed E-state index contributed by atoms with van der Waals surface area (Å²) in [6.45, 7) is 2.98. The second kappa shape index (κ2) is 6.08. The smallest absolute Gasteiger partial charge is 0.220 e. The van der Waals surface area contributed by atoms with E-state index >= 15 is 0 Å². The van der Waals surface area contributed by atoms with Crippen molar-refractivity contribution in [1.82, 2.24) is 5.32 Å². The highest BCUT2D eigenvalue weighted by molar-refractivity contribution is 5.76. The van der Waals surface area contributed by atoms with Crippen molar-refractivity contribution < 1.29 is 4.79 Å². The van der Waals surface area contributed by atoms with Crippen LogP contribution in [0.15, 0.2) is 24.3 Å². The molecule has 2 bridgehead atoms. The second-order valence-electron chi connectivity index (χ2n) is 7.01. The predicted octanol–water partition coefficient (Wildman–Crippen LogP) is 3.31. The number of anilines is 1. The third kappa shape index (κ3) is 3.39. The zero-order chi connectivity index (χ0) is 14.8. The normalized spacial score (nSPS) is 28.5. The van der Waals surface area contributed by atoms with Crippen LogP contribution in [0.3, 0.4) is 0 Å². The van der Waals surface area contributed by atoms with Crippen molar-refractivity contribution in [2.75, 3.05) is 12.3 Å². The molecule has 1 aromatic rings. The predicted molar refractivity (Wildman–Crippen MR) is 85.8 cm³/mol. The minimum atomic E-state index is 0.182. The first-order valence-corrected chi connectivity index (χ1v) is 8.24. The van der Waals surface area contributed by atoms with Gasteiger partial charge in [0.1, 0.15) is 0 Å². The Bertz CT molecular complexity index is 496. The van der Waals surface area contributed by atoms with Gasteiger partial charge in [0.2, 0.25) is 5.91 Å². The lowest BCUT2D eigenvalue weighted by atomic mass is 9.89. The highest BCUT2D eigenvalue weighted by atomic mass is 16.1. The van der Waals surface area contributed by atoms with Crippen molar-refractivity contribution in [3.05, 3.63) is 29.8 Å². The van der Waals surface area contributed by atoms with Crippen LogP contribution in [0.5, 0.6) is 0 Å². The molecular weight excluding hydrogens is 260 g/mol. The quantitative estimate of drug-likeness (QED) is 0.816. The van der Waals surface area contributed by atoms with Crippen molar-refractivity contribution in [1.29, 1.82) is 0 Å². The summed E-state index contributed by atoms with van der Waals surface area (Å²) >= 11 is 0. The summed E-state index contributed by atoms with van der Waals surface area (Å²) in [7, 11) is 0. The van der Waals surface area contributed by atoms with E-state index in [2.05, 4.69) is 12.2 Å². The van der Waals surface area contributed by atoms with Gasteiger partial charge in [-0.25, -0.2) is 0 Å². The maximum absolute atomic E-state index is 12.1. The molecule has 0 saturated heterocycles. The Labute approximate surface area is 127 Å². The van der Waals surface area contributed by atoms with Crippen LogP contribution in [0.2, 0.25) is 0 Å². The average Bonchev–Trinajstić information content (AvgIpc) is 3.08. The van der Waals surface area contributed by atoms with Crippen molar-refractivity contribution >= 4 is 11.6 Å². The molecule has 4 atom stereocenters. The Kier molecular flexibility index (Phi) is 4.18. The molecule has 21 heavy (non-hydrogen) atoms. The van der Waals surface area contributed by atoms with E-state index in [0.717, 1.165) is 30.0 Å². The Morgan fingerprint density at radius 1 is 1.29 bits per heavy atom. The number of hydrogen-bond acceptors (Lipinski definition) is 2. The van der Waals surface area contributed by atoms with Crippen LogP contribution < -0.4 is 11.1 Å². The molecule has 0 aromatic heterocycles. The standard InChI is InChI=1S/C18H26N2O/c1-12(14-4-6-17(19)7-5-14)8-18(21)20-11-16-10-13-2-3-15(16)9-13/h4-7,12-13,15-16H,2-3,8-11,19H2,1H3,(H,20,21). The van der Waals surface area contributed by atoms with Crippen LogP contribution in [0.25, 0.3) is 0 Å². The van der Waals surface area contributed by atoms with Gasteiger partial charge in [-0.15, -0.1) is 0 Å². The van der Waals surface area contributed by atoms with Crippen molar-refractivity contribution in [3.63, 3.8) is 0 Å². The minimum absolute atomic E-state index is 0.182. The van der Waals surface area contributed by atoms with Gasteiger partial charge in [-0.3, -0.25) is 4.79 Å². The topological polar surface area (TPSA) is 55.1 Å². The third-order valence-electron chi connectivity index (χ3n) is 5.44. The van der Waals surface area contributed by atoms with Gasteiger partial charge < -0.3 is 11.1 Å². The van der Waals surface area contributed by atoms with Crippen LogP contribution in [0, 0.1) is 17.8 Å². The lowest BCUT2D eigenvalue weighted by Gasteiger charge is -2.22. The fourth-order valence-electron chi connectivity index (χ4n) is 4.16. The van der Waals surface area contributed by atoms with Crippen LogP contribution in [-0.4, -0.2) is 12.5 Å². The maximum atomic E-state index is 12.1. The molecule has 0 radical (unpaired) electrons. The largest absolute Gasteiger partial charge is 0.399 e. The molecule has 114 valence electrons. The zero-order valence-electron chi connectivity index (χ0n) is 12.8. The molecule has 2 fully saturated rings. The minimum Gasteiger partial charge on any atom is -0.399 e. The van der Waals surface area contributed by atoms with Gasteiger partial charge in [0.15, 0.2) is 0 Å². The number of fused-ring (bicyclic) bond motifs is 2. The number of nitrogen functional groups attached to an aromatic ring is 1. The van der Waals surface area contributed by atoms with E-state index in [0.29, 0.717) is 6.42 Å². The summed E-state index contributed by atoms with van der Waals surface area (Å²) in [5.41, 5.74) is 7.65. The number of amides is 1. The van der Waals surface area contributed by atoms with Crippen LogP contribution >= 0.6 is 0 Å². The summed E-state index contributed by atoms with van der Waals surface area (Å²) in [4.78, 5) is 12.1. The van der Waals surface area contributed by atoms with Crippen molar-refractivity contribution in [3.8, 4) is 0 Å². The van der Waals surface area contributed by atoms with Gasteiger partial charge in [0.05, 0.1) is 0 Å². The van der Waals surface area contributed by atoms with E-state index in [-0.39, 0.29) is 11.8 Å². The highest BCUT2D eigenvalue weighted by Crippen LogP contribution is 2.47. The van der Waals surface area contributed by atoms with Gasteiger partial charge in [0, 0.05) is 18.7 Å². The summed E-state index contributed by atoms with van der Waals surface area (Å²) in [6, 6.07) is 7.84. The zero-order valence-corrected chi connectivity index (χ0v) is 12.8. The van der Waals surface area contributed by atoms with Gasteiger partial charge in [-0.1, -0.05) is 25.5 Å². The number of hydrogen-bond donors (Lipinski definition) is 2. The lowest BCUT2D eigenvalue weighted by molar-refractivity contribution is -0.121. The first-order valence-electron chi connectivity index (χ1n) is 8.24. The molecule has 4 unspecified atom stereocenters. The third-order valence-corrected chi connectivity index (χ3v) is 5.44.